The van der Waals surface area contributed by atoms with Crippen LogP contribution in [0.2, 0.25) is 0 Å². The van der Waals surface area contributed by atoms with E-state index >= 15 is 0 Å². The summed E-state index contributed by atoms with van der Waals surface area (Å²) >= 11 is 1.58. The Labute approximate surface area is 174 Å². The van der Waals surface area contributed by atoms with E-state index in [1.54, 1.807) is 11.3 Å². The summed E-state index contributed by atoms with van der Waals surface area (Å²) in [6.07, 6.45) is 1.98. The van der Waals surface area contributed by atoms with Gasteiger partial charge in [0, 0.05) is 35.0 Å². The van der Waals surface area contributed by atoms with Crippen molar-refractivity contribution in [3.63, 3.8) is 0 Å². The van der Waals surface area contributed by atoms with E-state index in [1.165, 1.54) is 6.92 Å². The van der Waals surface area contributed by atoms with Crippen LogP contribution in [-0.4, -0.2) is 16.8 Å². The van der Waals surface area contributed by atoms with E-state index in [1.807, 2.05) is 60.8 Å². The van der Waals surface area contributed by atoms with Crippen LogP contribution in [0.5, 0.6) is 0 Å². The van der Waals surface area contributed by atoms with E-state index in [0.29, 0.717) is 0 Å². The van der Waals surface area contributed by atoms with Crippen molar-refractivity contribution in [1.29, 1.82) is 0 Å². The lowest BCUT2D eigenvalue weighted by molar-refractivity contribution is -0.119. The first-order valence-electron chi connectivity index (χ1n) is 9.74. The van der Waals surface area contributed by atoms with E-state index in [9.17, 15) is 9.59 Å². The van der Waals surface area contributed by atoms with Gasteiger partial charge >= 0.3 is 0 Å². The number of anilines is 1. The molecule has 3 aromatic rings. The minimum atomic E-state index is -0.0405. The molecular formula is C23H23N3O2S. The molecule has 0 bridgehead atoms. The van der Waals surface area contributed by atoms with Crippen molar-refractivity contribution in [2.75, 3.05) is 5.32 Å². The van der Waals surface area contributed by atoms with Gasteiger partial charge in [0.25, 0.3) is 0 Å². The van der Waals surface area contributed by atoms with Crippen molar-refractivity contribution in [2.45, 2.75) is 32.7 Å². The molecule has 1 fully saturated rings. The topological polar surface area (TPSA) is 71.1 Å². The van der Waals surface area contributed by atoms with Gasteiger partial charge in [-0.3, -0.25) is 9.59 Å². The smallest absolute Gasteiger partial charge is 0.227 e. The van der Waals surface area contributed by atoms with Gasteiger partial charge in [-0.25, -0.2) is 4.98 Å². The van der Waals surface area contributed by atoms with Gasteiger partial charge in [0.15, 0.2) is 0 Å². The fourth-order valence-electron chi connectivity index (χ4n) is 3.19. The van der Waals surface area contributed by atoms with Crippen LogP contribution in [0.4, 0.5) is 5.69 Å². The van der Waals surface area contributed by atoms with Crippen LogP contribution >= 0.6 is 11.3 Å². The molecule has 2 N–H and O–H groups in total. The van der Waals surface area contributed by atoms with E-state index in [-0.39, 0.29) is 23.8 Å². The van der Waals surface area contributed by atoms with E-state index < -0.39 is 0 Å². The van der Waals surface area contributed by atoms with Crippen LogP contribution in [0, 0.1) is 5.92 Å². The molecule has 2 amide bonds. The van der Waals surface area contributed by atoms with Crippen molar-refractivity contribution in [2.24, 2.45) is 5.92 Å². The lowest BCUT2D eigenvalue weighted by atomic mass is 10.0. The molecule has 0 aliphatic heterocycles. The summed E-state index contributed by atoms with van der Waals surface area (Å²) in [5, 5.41) is 8.84. The number of amides is 2. The molecule has 1 aliphatic rings. The molecule has 148 valence electrons. The Morgan fingerprint density at radius 2 is 1.86 bits per heavy atom. The number of carbonyl (C=O) groups is 2. The fourth-order valence-corrected chi connectivity index (χ4v) is 4.02. The lowest BCUT2D eigenvalue weighted by Crippen LogP contribution is -2.23. The molecule has 5 nitrogen and oxygen atoms in total. The first kappa shape index (κ1) is 19.3. The Morgan fingerprint density at radius 1 is 1.10 bits per heavy atom. The van der Waals surface area contributed by atoms with Crippen molar-refractivity contribution in [3.05, 3.63) is 59.5 Å². The quantitative estimate of drug-likeness (QED) is 0.605. The van der Waals surface area contributed by atoms with Gasteiger partial charge in [0.2, 0.25) is 11.8 Å². The number of nitrogens with one attached hydrogen (secondary N) is 2. The molecule has 1 saturated carbocycles. The highest BCUT2D eigenvalue weighted by Crippen LogP contribution is 2.32. The van der Waals surface area contributed by atoms with Crippen LogP contribution < -0.4 is 10.6 Å². The third-order valence-corrected chi connectivity index (χ3v) is 5.85. The largest absolute Gasteiger partial charge is 0.350 e. The maximum Gasteiger partial charge on any atom is 0.227 e. The lowest BCUT2D eigenvalue weighted by Gasteiger charge is -2.13. The van der Waals surface area contributed by atoms with Gasteiger partial charge in [-0.05, 0) is 37.5 Å². The van der Waals surface area contributed by atoms with Crippen molar-refractivity contribution in [3.8, 4) is 21.8 Å². The Balaban J connectivity index is 1.49. The van der Waals surface area contributed by atoms with Crippen LogP contribution in [0.1, 0.15) is 38.3 Å². The van der Waals surface area contributed by atoms with Crippen molar-refractivity contribution in [1.82, 2.24) is 10.3 Å². The highest BCUT2D eigenvalue weighted by molar-refractivity contribution is 7.13. The molecule has 6 heteroatoms. The Morgan fingerprint density at radius 3 is 2.55 bits per heavy atom. The molecule has 0 saturated heterocycles. The standard InChI is InChI=1S/C23H23N3O2S/c1-14(24-15(2)27)16-6-8-17(9-7-16)21-13-29-23(26-21)19-4-3-5-20(12-19)25-22(28)18-10-11-18/h3-9,12-14,18H,10-11H2,1-2H3,(H,24,27)(H,25,28)/t14-/m0/s1. The highest BCUT2D eigenvalue weighted by Gasteiger charge is 2.29. The number of benzene rings is 2. The number of hydrogen-bond donors (Lipinski definition) is 2. The Bertz CT molecular complexity index is 1040. The highest BCUT2D eigenvalue weighted by atomic mass is 32.1. The SMILES string of the molecule is CC(=O)N[C@@H](C)c1ccc(-c2csc(-c3cccc(NC(=O)C4CC4)c3)n2)cc1. The molecular weight excluding hydrogens is 382 g/mol. The Kier molecular flexibility index (Phi) is 5.45. The predicted octanol–water partition coefficient (Wildman–Crippen LogP) is 5.02. The van der Waals surface area contributed by atoms with Gasteiger partial charge in [-0.2, -0.15) is 0 Å². The molecule has 4 rings (SSSR count). The van der Waals surface area contributed by atoms with Crippen LogP contribution in [0.25, 0.3) is 21.8 Å². The molecule has 0 spiro atoms. The average molecular weight is 406 g/mol. The summed E-state index contributed by atoms with van der Waals surface area (Å²) in [7, 11) is 0. The maximum absolute atomic E-state index is 12.0. The molecule has 0 radical (unpaired) electrons. The van der Waals surface area contributed by atoms with Crippen molar-refractivity contribution < 1.29 is 9.59 Å². The molecule has 1 heterocycles. The number of nitrogens with zero attached hydrogens (tertiary/aromatic N) is 1. The molecule has 0 unspecified atom stereocenters. The van der Waals surface area contributed by atoms with Crippen molar-refractivity contribution >= 4 is 28.8 Å². The second-order valence-corrected chi connectivity index (χ2v) is 8.28. The minimum Gasteiger partial charge on any atom is -0.350 e. The molecule has 29 heavy (non-hydrogen) atoms. The van der Waals surface area contributed by atoms with Gasteiger partial charge in [0.05, 0.1) is 11.7 Å². The summed E-state index contributed by atoms with van der Waals surface area (Å²) in [5.74, 6) is 0.248. The van der Waals surface area contributed by atoms with Crippen LogP contribution in [0.15, 0.2) is 53.9 Å². The predicted molar refractivity (Wildman–Crippen MR) is 117 cm³/mol. The van der Waals surface area contributed by atoms with E-state index in [0.717, 1.165) is 45.9 Å². The second-order valence-electron chi connectivity index (χ2n) is 7.43. The first-order chi connectivity index (χ1) is 14.0. The van der Waals surface area contributed by atoms with Gasteiger partial charge in [0.1, 0.15) is 5.01 Å². The molecule has 1 aliphatic carbocycles. The van der Waals surface area contributed by atoms with Gasteiger partial charge in [-0.1, -0.05) is 36.4 Å². The normalized spacial score (nSPS) is 14.3. The van der Waals surface area contributed by atoms with Gasteiger partial charge in [-0.15, -0.1) is 11.3 Å². The summed E-state index contributed by atoms with van der Waals surface area (Å²) in [5.41, 5.74) is 4.80. The summed E-state index contributed by atoms with van der Waals surface area (Å²) < 4.78 is 0. The van der Waals surface area contributed by atoms with E-state index in [2.05, 4.69) is 10.6 Å². The number of hydrogen-bond acceptors (Lipinski definition) is 4. The number of carbonyl (C=O) groups excluding carboxylic acids is 2. The summed E-state index contributed by atoms with van der Waals surface area (Å²) in [6, 6.07) is 15.9. The molecule has 1 aromatic heterocycles. The molecule has 1 atom stereocenters. The average Bonchev–Trinajstić information content (AvgIpc) is 3.45. The van der Waals surface area contributed by atoms with Crippen LogP contribution in [0.3, 0.4) is 0 Å². The van der Waals surface area contributed by atoms with Crippen LogP contribution in [-0.2, 0) is 9.59 Å². The number of rotatable bonds is 6. The summed E-state index contributed by atoms with van der Waals surface area (Å²) in [6.45, 7) is 3.49. The number of aromatic nitrogens is 1. The third kappa shape index (κ3) is 4.71. The molecule has 2 aromatic carbocycles. The number of thiazole rings is 1. The zero-order valence-electron chi connectivity index (χ0n) is 16.4. The fraction of sp³-hybridized carbons (Fsp3) is 0.261. The zero-order valence-corrected chi connectivity index (χ0v) is 17.3. The van der Waals surface area contributed by atoms with Gasteiger partial charge < -0.3 is 10.6 Å². The zero-order chi connectivity index (χ0) is 20.4. The monoisotopic (exact) mass is 405 g/mol. The maximum atomic E-state index is 12.0. The summed E-state index contributed by atoms with van der Waals surface area (Å²) in [4.78, 5) is 28.0. The first-order valence-corrected chi connectivity index (χ1v) is 10.6. The second kappa shape index (κ2) is 8.17. The third-order valence-electron chi connectivity index (χ3n) is 4.96. The van der Waals surface area contributed by atoms with E-state index in [4.69, 9.17) is 4.98 Å². The Hall–Kier alpha value is -2.99. The minimum absolute atomic E-state index is 0.0267.